The molecule has 2 heterocycles. The largest absolute Gasteiger partial charge is 0.416 e. The lowest BCUT2D eigenvalue weighted by Gasteiger charge is -2.32. The van der Waals surface area contributed by atoms with Gasteiger partial charge in [-0.25, -0.2) is 0 Å². The number of likely N-dealkylation sites (tertiary alicyclic amines) is 1. The molecular formula is C18H18F3NOS. The van der Waals surface area contributed by atoms with E-state index in [9.17, 15) is 18.0 Å². The maximum Gasteiger partial charge on any atom is 0.416 e. The highest BCUT2D eigenvalue weighted by molar-refractivity contribution is 7.09. The van der Waals surface area contributed by atoms with Gasteiger partial charge in [0.1, 0.15) is 0 Å². The van der Waals surface area contributed by atoms with Gasteiger partial charge < -0.3 is 4.90 Å². The van der Waals surface area contributed by atoms with Gasteiger partial charge in [0.15, 0.2) is 0 Å². The first kappa shape index (κ1) is 17.0. The fourth-order valence-corrected chi connectivity index (χ4v) is 3.86. The Balaban J connectivity index is 1.57. The highest BCUT2D eigenvalue weighted by atomic mass is 32.1. The van der Waals surface area contributed by atoms with E-state index in [1.54, 1.807) is 16.2 Å². The summed E-state index contributed by atoms with van der Waals surface area (Å²) in [6.07, 6.45) is -1.46. The maximum absolute atomic E-state index is 12.6. The first-order chi connectivity index (χ1) is 11.4. The average molecular weight is 353 g/mol. The molecule has 1 aliphatic rings. The lowest BCUT2D eigenvalue weighted by Crippen LogP contribution is -2.38. The quantitative estimate of drug-likeness (QED) is 0.771. The van der Waals surface area contributed by atoms with Crippen LogP contribution in [0.1, 0.15) is 33.6 Å². The molecule has 0 atom stereocenters. The Kier molecular flexibility index (Phi) is 4.94. The standard InChI is InChI=1S/C18H18F3NOS/c19-18(20,21)15-5-3-14(4-6-15)17(23)22-9-7-13(8-10-22)12-16-2-1-11-24-16/h1-6,11,13H,7-10,12H2. The van der Waals surface area contributed by atoms with Gasteiger partial charge in [-0.3, -0.25) is 4.79 Å². The summed E-state index contributed by atoms with van der Waals surface area (Å²) in [4.78, 5) is 15.5. The van der Waals surface area contributed by atoms with Gasteiger partial charge in [0.05, 0.1) is 5.56 Å². The summed E-state index contributed by atoms with van der Waals surface area (Å²) in [5, 5.41) is 2.07. The molecule has 1 aromatic heterocycles. The third-order valence-electron chi connectivity index (χ3n) is 4.43. The van der Waals surface area contributed by atoms with Crippen LogP contribution in [0.2, 0.25) is 0 Å². The lowest BCUT2D eigenvalue weighted by molar-refractivity contribution is -0.137. The Morgan fingerprint density at radius 1 is 1.12 bits per heavy atom. The number of carbonyl (C=O) groups is 1. The summed E-state index contributed by atoms with van der Waals surface area (Å²) in [6, 6.07) is 8.65. The first-order valence-corrected chi connectivity index (χ1v) is 8.80. The van der Waals surface area contributed by atoms with Crippen LogP contribution in [0.5, 0.6) is 0 Å². The number of nitrogens with zero attached hydrogens (tertiary/aromatic N) is 1. The number of thiophene rings is 1. The van der Waals surface area contributed by atoms with E-state index in [1.165, 1.54) is 17.0 Å². The van der Waals surface area contributed by atoms with Crippen molar-refractivity contribution in [3.05, 3.63) is 57.8 Å². The molecule has 0 aliphatic carbocycles. The molecule has 0 bridgehead atoms. The van der Waals surface area contributed by atoms with E-state index >= 15 is 0 Å². The number of carbonyl (C=O) groups excluding carboxylic acids is 1. The van der Waals surface area contributed by atoms with Crippen LogP contribution in [0, 0.1) is 5.92 Å². The summed E-state index contributed by atoms with van der Waals surface area (Å²) < 4.78 is 37.7. The molecule has 1 saturated heterocycles. The predicted molar refractivity (Wildman–Crippen MR) is 88.1 cm³/mol. The second-order valence-corrected chi connectivity index (χ2v) is 7.13. The Morgan fingerprint density at radius 2 is 1.79 bits per heavy atom. The number of amides is 1. The van der Waals surface area contributed by atoms with E-state index in [4.69, 9.17) is 0 Å². The maximum atomic E-state index is 12.6. The van der Waals surface area contributed by atoms with Gasteiger partial charge in [0, 0.05) is 23.5 Å². The van der Waals surface area contributed by atoms with Crippen LogP contribution in [0.15, 0.2) is 41.8 Å². The summed E-state index contributed by atoms with van der Waals surface area (Å²) in [6.45, 7) is 1.33. The third kappa shape index (κ3) is 3.98. The monoisotopic (exact) mass is 353 g/mol. The number of piperidine rings is 1. The first-order valence-electron chi connectivity index (χ1n) is 7.92. The Bertz CT molecular complexity index is 671. The van der Waals surface area contributed by atoms with Crippen molar-refractivity contribution in [1.29, 1.82) is 0 Å². The minimum atomic E-state index is -4.37. The average Bonchev–Trinajstić information content (AvgIpc) is 3.07. The summed E-state index contributed by atoms with van der Waals surface area (Å²) in [5.41, 5.74) is -0.409. The molecule has 0 spiro atoms. The molecule has 1 amide bonds. The molecule has 1 fully saturated rings. The van der Waals surface area contributed by atoms with Crippen LogP contribution in [0.4, 0.5) is 13.2 Å². The molecule has 0 radical (unpaired) electrons. The van der Waals surface area contributed by atoms with Gasteiger partial charge in [0.2, 0.25) is 0 Å². The van der Waals surface area contributed by atoms with Crippen molar-refractivity contribution in [2.75, 3.05) is 13.1 Å². The van der Waals surface area contributed by atoms with Crippen LogP contribution in [0.25, 0.3) is 0 Å². The van der Waals surface area contributed by atoms with E-state index < -0.39 is 11.7 Å². The molecule has 1 aliphatic heterocycles. The van der Waals surface area contributed by atoms with Crippen molar-refractivity contribution >= 4 is 17.2 Å². The molecule has 1 aromatic carbocycles. The number of halogens is 3. The zero-order valence-electron chi connectivity index (χ0n) is 13.1. The van der Waals surface area contributed by atoms with Gasteiger partial charge in [-0.2, -0.15) is 13.2 Å². The second kappa shape index (κ2) is 6.97. The van der Waals surface area contributed by atoms with Crippen LogP contribution in [0.3, 0.4) is 0 Å². The van der Waals surface area contributed by atoms with Crippen molar-refractivity contribution in [3.63, 3.8) is 0 Å². The fraction of sp³-hybridized carbons (Fsp3) is 0.389. The van der Waals surface area contributed by atoms with Gasteiger partial charge in [-0.1, -0.05) is 6.07 Å². The zero-order valence-corrected chi connectivity index (χ0v) is 13.9. The molecule has 24 heavy (non-hydrogen) atoms. The molecule has 6 heteroatoms. The summed E-state index contributed by atoms with van der Waals surface area (Å²) in [7, 11) is 0. The molecule has 2 aromatic rings. The van der Waals surface area contributed by atoms with E-state index in [-0.39, 0.29) is 5.91 Å². The smallest absolute Gasteiger partial charge is 0.339 e. The van der Waals surface area contributed by atoms with E-state index in [2.05, 4.69) is 11.4 Å². The molecule has 0 saturated carbocycles. The van der Waals surface area contributed by atoms with Gasteiger partial charge in [0.25, 0.3) is 5.91 Å². The number of benzene rings is 1. The SMILES string of the molecule is O=C(c1ccc(C(F)(F)F)cc1)N1CCC(Cc2cccs2)CC1. The molecular weight excluding hydrogens is 335 g/mol. The van der Waals surface area contributed by atoms with Crippen LogP contribution in [-0.2, 0) is 12.6 Å². The van der Waals surface area contributed by atoms with Gasteiger partial charge >= 0.3 is 6.18 Å². The van der Waals surface area contributed by atoms with Crippen LogP contribution < -0.4 is 0 Å². The Hall–Kier alpha value is -1.82. The van der Waals surface area contributed by atoms with E-state index in [1.807, 2.05) is 6.07 Å². The Labute approximate surface area is 142 Å². The minimum Gasteiger partial charge on any atom is -0.339 e. The van der Waals surface area contributed by atoms with Crippen LogP contribution in [-0.4, -0.2) is 23.9 Å². The summed E-state index contributed by atoms with van der Waals surface area (Å²) >= 11 is 1.75. The Morgan fingerprint density at radius 3 is 2.33 bits per heavy atom. The topological polar surface area (TPSA) is 20.3 Å². The molecule has 3 rings (SSSR count). The molecule has 0 N–H and O–H groups in total. The minimum absolute atomic E-state index is 0.182. The number of hydrogen-bond donors (Lipinski definition) is 0. The molecule has 0 unspecified atom stereocenters. The van der Waals surface area contributed by atoms with Gasteiger partial charge in [-0.05, 0) is 60.9 Å². The highest BCUT2D eigenvalue weighted by Crippen LogP contribution is 2.30. The van der Waals surface area contributed by atoms with Crippen molar-refractivity contribution in [2.45, 2.75) is 25.4 Å². The highest BCUT2D eigenvalue weighted by Gasteiger charge is 2.30. The van der Waals surface area contributed by atoms with E-state index in [0.717, 1.165) is 31.4 Å². The normalized spacial score (nSPS) is 16.4. The number of hydrogen-bond acceptors (Lipinski definition) is 2. The number of rotatable bonds is 3. The van der Waals surface area contributed by atoms with Crippen molar-refractivity contribution in [1.82, 2.24) is 4.90 Å². The van der Waals surface area contributed by atoms with Crippen molar-refractivity contribution in [3.8, 4) is 0 Å². The third-order valence-corrected chi connectivity index (χ3v) is 5.33. The van der Waals surface area contributed by atoms with E-state index in [0.29, 0.717) is 24.6 Å². The van der Waals surface area contributed by atoms with Crippen LogP contribution >= 0.6 is 11.3 Å². The predicted octanol–water partition coefficient (Wildman–Crippen LogP) is 4.86. The molecule has 128 valence electrons. The fourth-order valence-electron chi connectivity index (χ4n) is 3.04. The second-order valence-electron chi connectivity index (χ2n) is 6.09. The van der Waals surface area contributed by atoms with Crippen molar-refractivity contribution in [2.24, 2.45) is 5.92 Å². The van der Waals surface area contributed by atoms with Gasteiger partial charge in [-0.15, -0.1) is 11.3 Å². The lowest BCUT2D eigenvalue weighted by atomic mass is 9.92. The van der Waals surface area contributed by atoms with Crippen molar-refractivity contribution < 1.29 is 18.0 Å². The summed E-state index contributed by atoms with van der Waals surface area (Å²) in [5.74, 6) is 0.388. The molecule has 2 nitrogen and oxygen atoms in total. The zero-order chi connectivity index (χ0) is 17.2. The number of alkyl halides is 3.